The number of rotatable bonds is 1. The lowest BCUT2D eigenvalue weighted by molar-refractivity contribution is -0.153. The first-order valence-corrected chi connectivity index (χ1v) is 9.99. The van der Waals surface area contributed by atoms with Crippen LogP contribution in [0.1, 0.15) is 19.4 Å². The lowest BCUT2D eigenvalue weighted by Crippen LogP contribution is -2.75. The van der Waals surface area contributed by atoms with Crippen LogP contribution < -0.4 is 15.5 Å². The SMILES string of the molecule is C[C@H]1CN2c3c(F)cc(-c4cnccn4)cc3CC3(C(=O)NC(=O)NC3=O)[C@@H]2[C@@H](C)O1. The minimum Gasteiger partial charge on any atom is -0.372 e. The molecular weight excluding hydrogens is 405 g/mol. The number of urea groups is 1. The number of barbiturate groups is 1. The predicted octanol–water partition coefficient (Wildman–Crippen LogP) is 1.17. The van der Waals surface area contributed by atoms with Crippen molar-refractivity contribution in [3.63, 3.8) is 0 Å². The fourth-order valence-corrected chi connectivity index (χ4v) is 5.13. The zero-order valence-electron chi connectivity index (χ0n) is 16.9. The Hall–Kier alpha value is -3.40. The maximum absolute atomic E-state index is 15.5. The van der Waals surface area contributed by atoms with E-state index in [4.69, 9.17) is 4.74 Å². The van der Waals surface area contributed by atoms with Gasteiger partial charge >= 0.3 is 6.03 Å². The highest BCUT2D eigenvalue weighted by molar-refractivity contribution is 6.20. The fraction of sp³-hybridized carbons (Fsp3) is 0.381. The van der Waals surface area contributed by atoms with Gasteiger partial charge in [0, 0.05) is 30.9 Å². The number of carbonyl (C=O) groups excluding carboxylic acids is 3. The first-order chi connectivity index (χ1) is 14.8. The predicted molar refractivity (Wildman–Crippen MR) is 106 cm³/mol. The minimum absolute atomic E-state index is 0.0818. The van der Waals surface area contributed by atoms with Crippen molar-refractivity contribution in [1.82, 2.24) is 20.6 Å². The van der Waals surface area contributed by atoms with Crippen LogP contribution in [0.25, 0.3) is 11.3 Å². The standard InChI is InChI=1S/C21H20FN5O4/c1-10-9-27-16-13(5-12(6-14(16)22)15-8-23-3-4-24-15)7-21(17(27)11(2)31-10)18(28)25-20(30)26-19(21)29/h3-6,8,10-11,17H,7,9H2,1-2H3,(H2,25,26,28,29,30)/t10-,11+,17-/m0/s1. The van der Waals surface area contributed by atoms with Crippen LogP contribution in [0.4, 0.5) is 14.9 Å². The highest BCUT2D eigenvalue weighted by Crippen LogP contribution is 2.48. The topological polar surface area (TPSA) is 114 Å². The Bertz CT molecular complexity index is 1090. The van der Waals surface area contributed by atoms with E-state index < -0.39 is 41.2 Å². The van der Waals surface area contributed by atoms with E-state index in [0.29, 0.717) is 29.1 Å². The van der Waals surface area contributed by atoms with Crippen LogP contribution >= 0.6 is 0 Å². The summed E-state index contributed by atoms with van der Waals surface area (Å²) in [5, 5.41) is 4.44. The van der Waals surface area contributed by atoms with Gasteiger partial charge in [0.1, 0.15) is 5.82 Å². The summed E-state index contributed by atoms with van der Waals surface area (Å²) in [4.78, 5) is 48.0. The third kappa shape index (κ3) is 2.82. The molecule has 2 fully saturated rings. The van der Waals surface area contributed by atoms with E-state index in [9.17, 15) is 14.4 Å². The fourth-order valence-electron chi connectivity index (χ4n) is 5.13. The van der Waals surface area contributed by atoms with Gasteiger partial charge in [-0.2, -0.15) is 0 Å². The number of ether oxygens (including phenoxy) is 1. The summed E-state index contributed by atoms with van der Waals surface area (Å²) < 4.78 is 21.4. The van der Waals surface area contributed by atoms with Crippen LogP contribution in [0.15, 0.2) is 30.7 Å². The zero-order valence-corrected chi connectivity index (χ0v) is 16.9. The van der Waals surface area contributed by atoms with E-state index in [-0.39, 0.29) is 12.5 Å². The van der Waals surface area contributed by atoms with E-state index in [1.54, 1.807) is 17.9 Å². The molecule has 5 rings (SSSR count). The molecule has 3 aliphatic rings. The molecule has 9 nitrogen and oxygen atoms in total. The monoisotopic (exact) mass is 425 g/mol. The van der Waals surface area contributed by atoms with Crippen LogP contribution in [0.5, 0.6) is 0 Å². The molecule has 31 heavy (non-hydrogen) atoms. The van der Waals surface area contributed by atoms with Gasteiger partial charge in [-0.1, -0.05) is 0 Å². The third-order valence-electron chi connectivity index (χ3n) is 6.21. The van der Waals surface area contributed by atoms with Crippen molar-refractivity contribution < 1.29 is 23.5 Å². The maximum atomic E-state index is 15.5. The molecule has 0 bridgehead atoms. The highest BCUT2D eigenvalue weighted by Gasteiger charge is 2.63. The van der Waals surface area contributed by atoms with Gasteiger partial charge in [-0.25, -0.2) is 9.18 Å². The number of morpholine rings is 1. The normalized spacial score (nSPS) is 26.7. The summed E-state index contributed by atoms with van der Waals surface area (Å²) in [5.74, 6) is -1.90. The number of hydrogen-bond donors (Lipinski definition) is 2. The molecule has 4 amide bonds. The Labute approximate surface area is 177 Å². The van der Waals surface area contributed by atoms with Crippen LogP contribution in [-0.2, 0) is 20.7 Å². The molecule has 0 saturated carbocycles. The number of aromatic nitrogens is 2. The number of nitrogens with zero attached hydrogens (tertiary/aromatic N) is 3. The average molecular weight is 425 g/mol. The molecule has 1 aromatic heterocycles. The summed E-state index contributed by atoms with van der Waals surface area (Å²) in [5.41, 5.74) is 0.130. The molecule has 2 N–H and O–H groups in total. The molecule has 3 atom stereocenters. The number of halogens is 1. The molecular formula is C21H20FN5O4. The number of fused-ring (bicyclic) bond motifs is 4. The quantitative estimate of drug-likeness (QED) is 0.660. The molecule has 2 aromatic rings. The smallest absolute Gasteiger partial charge is 0.328 e. The second-order valence-electron chi connectivity index (χ2n) is 8.19. The summed E-state index contributed by atoms with van der Waals surface area (Å²) in [6, 6.07) is 1.46. The zero-order chi connectivity index (χ0) is 21.9. The van der Waals surface area contributed by atoms with E-state index in [2.05, 4.69) is 20.6 Å². The molecule has 0 radical (unpaired) electrons. The summed E-state index contributed by atoms with van der Waals surface area (Å²) in [6.07, 6.45) is 3.65. The van der Waals surface area contributed by atoms with Gasteiger partial charge in [0.05, 0.1) is 35.8 Å². The largest absolute Gasteiger partial charge is 0.372 e. The highest BCUT2D eigenvalue weighted by atomic mass is 19.1. The van der Waals surface area contributed by atoms with Crippen molar-refractivity contribution in [1.29, 1.82) is 0 Å². The van der Waals surface area contributed by atoms with E-state index >= 15 is 4.39 Å². The molecule has 0 unspecified atom stereocenters. The lowest BCUT2D eigenvalue weighted by Gasteiger charge is -2.55. The Morgan fingerprint density at radius 1 is 1.16 bits per heavy atom. The van der Waals surface area contributed by atoms with Crippen LogP contribution in [-0.4, -0.2) is 52.6 Å². The Morgan fingerprint density at radius 2 is 1.90 bits per heavy atom. The number of nitrogens with one attached hydrogen (secondary N) is 2. The number of benzene rings is 1. The van der Waals surface area contributed by atoms with Crippen molar-refractivity contribution in [2.75, 3.05) is 11.4 Å². The van der Waals surface area contributed by atoms with E-state index in [1.807, 2.05) is 6.92 Å². The van der Waals surface area contributed by atoms with E-state index in [1.165, 1.54) is 24.7 Å². The van der Waals surface area contributed by atoms with Crippen molar-refractivity contribution in [2.24, 2.45) is 5.41 Å². The molecule has 3 aliphatic heterocycles. The number of imide groups is 2. The summed E-state index contributed by atoms with van der Waals surface area (Å²) >= 11 is 0. The van der Waals surface area contributed by atoms with Gasteiger partial charge in [0.2, 0.25) is 11.8 Å². The van der Waals surface area contributed by atoms with Crippen LogP contribution in [0.2, 0.25) is 0 Å². The number of anilines is 1. The molecule has 160 valence electrons. The average Bonchev–Trinajstić information content (AvgIpc) is 2.71. The second kappa shape index (κ2) is 6.81. The van der Waals surface area contributed by atoms with Gasteiger partial charge in [-0.15, -0.1) is 0 Å². The number of hydrogen-bond acceptors (Lipinski definition) is 7. The lowest BCUT2D eigenvalue weighted by atomic mass is 9.66. The molecule has 0 aliphatic carbocycles. The Kier molecular flexibility index (Phi) is 4.30. The number of carbonyl (C=O) groups is 3. The van der Waals surface area contributed by atoms with Crippen molar-refractivity contribution in [3.05, 3.63) is 42.1 Å². The second-order valence-corrected chi connectivity index (χ2v) is 8.19. The summed E-state index contributed by atoms with van der Waals surface area (Å²) in [6.45, 7) is 3.90. The van der Waals surface area contributed by atoms with Crippen molar-refractivity contribution in [3.8, 4) is 11.3 Å². The molecule has 10 heteroatoms. The van der Waals surface area contributed by atoms with Crippen molar-refractivity contribution in [2.45, 2.75) is 38.5 Å². The molecule has 1 aromatic carbocycles. The van der Waals surface area contributed by atoms with E-state index in [0.717, 1.165) is 0 Å². The first-order valence-electron chi connectivity index (χ1n) is 9.99. The number of amides is 4. The Balaban J connectivity index is 1.72. The van der Waals surface area contributed by atoms with Crippen LogP contribution in [0.3, 0.4) is 0 Å². The minimum atomic E-state index is -1.64. The Morgan fingerprint density at radius 3 is 2.58 bits per heavy atom. The van der Waals surface area contributed by atoms with Gasteiger partial charge in [-0.3, -0.25) is 30.2 Å². The van der Waals surface area contributed by atoms with Crippen LogP contribution in [0, 0.1) is 11.2 Å². The van der Waals surface area contributed by atoms with Gasteiger partial charge in [0.25, 0.3) is 0 Å². The van der Waals surface area contributed by atoms with Gasteiger partial charge in [0.15, 0.2) is 5.41 Å². The maximum Gasteiger partial charge on any atom is 0.328 e. The van der Waals surface area contributed by atoms with Crippen molar-refractivity contribution >= 4 is 23.5 Å². The molecule has 1 spiro atoms. The summed E-state index contributed by atoms with van der Waals surface area (Å²) in [7, 11) is 0. The molecule has 2 saturated heterocycles. The first kappa shape index (κ1) is 19.6. The third-order valence-corrected chi connectivity index (χ3v) is 6.21. The molecule has 4 heterocycles. The van der Waals surface area contributed by atoms with Gasteiger partial charge < -0.3 is 9.64 Å². The van der Waals surface area contributed by atoms with Gasteiger partial charge in [-0.05, 0) is 31.5 Å².